The summed E-state index contributed by atoms with van der Waals surface area (Å²) >= 11 is 8.09. The number of likely N-dealkylation sites (N-methyl/N-ethyl adjacent to an activating group) is 1. The van der Waals surface area contributed by atoms with Crippen LogP contribution in [0.1, 0.15) is 0 Å². The van der Waals surface area contributed by atoms with Crippen LogP contribution in [0.2, 0.25) is 0 Å². The first-order valence-electron chi connectivity index (χ1n) is 3.48. The van der Waals surface area contributed by atoms with Crippen molar-refractivity contribution in [2.75, 3.05) is 39.6 Å². The Labute approximate surface area is 82.2 Å². The lowest BCUT2D eigenvalue weighted by atomic mass is 10.5. The molecule has 0 rings (SSSR count). The molecule has 0 aromatic rings. The Balaban J connectivity index is 3.35. The summed E-state index contributed by atoms with van der Waals surface area (Å²) in [5, 5.41) is 1.29. The van der Waals surface area contributed by atoms with Crippen LogP contribution in [0.3, 0.4) is 0 Å². The van der Waals surface area contributed by atoms with E-state index in [0.717, 1.165) is 11.0 Å². The number of quaternary nitrogens is 1. The summed E-state index contributed by atoms with van der Waals surface area (Å²) in [6.07, 6.45) is 0. The number of alkyl halides is 1. The van der Waals surface area contributed by atoms with Gasteiger partial charge in [0.2, 0.25) is 0 Å². The predicted molar refractivity (Wildman–Crippen MR) is 55.2 cm³/mol. The molecule has 0 saturated heterocycles. The Morgan fingerprint density at radius 2 is 2.00 bits per heavy atom. The summed E-state index contributed by atoms with van der Waals surface area (Å²) in [5.74, 6) is 0. The minimum Gasteiger partial charge on any atom is -0.480 e. The summed E-state index contributed by atoms with van der Waals surface area (Å²) in [6, 6.07) is 0. The standard InChI is InChI=1S/C7H15BrNOS/c1-9(2,3)4-5-10-7(11)6-8/h4-6H2,1-3H3/q+1. The first-order valence-corrected chi connectivity index (χ1v) is 5.01. The van der Waals surface area contributed by atoms with E-state index < -0.39 is 0 Å². The topological polar surface area (TPSA) is 9.23 Å². The van der Waals surface area contributed by atoms with E-state index in [0.29, 0.717) is 17.0 Å². The van der Waals surface area contributed by atoms with Gasteiger partial charge >= 0.3 is 0 Å². The quantitative estimate of drug-likeness (QED) is 0.418. The minimum absolute atomic E-state index is 0.637. The Morgan fingerprint density at radius 3 is 2.36 bits per heavy atom. The molecule has 4 heteroatoms. The first-order chi connectivity index (χ1) is 4.95. The zero-order valence-corrected chi connectivity index (χ0v) is 9.67. The van der Waals surface area contributed by atoms with E-state index in [4.69, 9.17) is 17.0 Å². The van der Waals surface area contributed by atoms with Crippen LogP contribution in [0.15, 0.2) is 0 Å². The van der Waals surface area contributed by atoms with Crippen molar-refractivity contribution in [2.45, 2.75) is 0 Å². The van der Waals surface area contributed by atoms with Crippen molar-refractivity contribution in [3.05, 3.63) is 0 Å². The second-order valence-corrected chi connectivity index (χ2v) is 4.38. The minimum atomic E-state index is 0.637. The van der Waals surface area contributed by atoms with Gasteiger partial charge in [-0.15, -0.1) is 0 Å². The van der Waals surface area contributed by atoms with Crippen molar-refractivity contribution >= 4 is 33.2 Å². The molecule has 0 bridgehead atoms. The van der Waals surface area contributed by atoms with Gasteiger partial charge in [-0.1, -0.05) is 15.9 Å². The summed E-state index contributed by atoms with van der Waals surface area (Å²) in [5.41, 5.74) is 0. The van der Waals surface area contributed by atoms with E-state index in [-0.39, 0.29) is 0 Å². The lowest BCUT2D eigenvalue weighted by Gasteiger charge is -2.23. The summed E-state index contributed by atoms with van der Waals surface area (Å²) in [4.78, 5) is 0. The van der Waals surface area contributed by atoms with Gasteiger partial charge in [0.25, 0.3) is 0 Å². The van der Waals surface area contributed by atoms with E-state index in [9.17, 15) is 0 Å². The zero-order valence-electron chi connectivity index (χ0n) is 7.26. The van der Waals surface area contributed by atoms with Crippen LogP contribution in [-0.2, 0) is 4.74 Å². The molecule has 0 N–H and O–H groups in total. The highest BCUT2D eigenvalue weighted by molar-refractivity contribution is 9.09. The molecule has 0 aromatic heterocycles. The third-order valence-corrected chi connectivity index (χ3v) is 2.28. The molecule has 0 radical (unpaired) electrons. The second-order valence-electron chi connectivity index (χ2n) is 3.37. The third-order valence-electron chi connectivity index (χ3n) is 1.13. The normalized spacial score (nSPS) is 11.3. The summed E-state index contributed by atoms with van der Waals surface area (Å²) in [7, 11) is 6.38. The average molecular weight is 241 g/mol. The third kappa shape index (κ3) is 8.23. The van der Waals surface area contributed by atoms with Gasteiger partial charge in [0.05, 0.1) is 26.5 Å². The van der Waals surface area contributed by atoms with E-state index >= 15 is 0 Å². The number of thiocarbonyl (C=S) groups is 1. The van der Waals surface area contributed by atoms with Crippen molar-refractivity contribution in [1.82, 2.24) is 0 Å². The number of ether oxygens (including phenoxy) is 1. The Hall–Kier alpha value is 0.330. The molecule has 0 aromatic carbocycles. The molecule has 0 spiro atoms. The lowest BCUT2D eigenvalue weighted by Crippen LogP contribution is -2.37. The second kappa shape index (κ2) is 5.06. The van der Waals surface area contributed by atoms with Crippen molar-refractivity contribution in [3.8, 4) is 0 Å². The monoisotopic (exact) mass is 240 g/mol. The van der Waals surface area contributed by atoms with E-state index in [1.807, 2.05) is 0 Å². The van der Waals surface area contributed by atoms with Gasteiger partial charge < -0.3 is 9.22 Å². The van der Waals surface area contributed by atoms with Gasteiger partial charge in [0.15, 0.2) is 5.05 Å². The SMILES string of the molecule is C[N+](C)(C)CCOC(=S)CBr. The molecule has 0 heterocycles. The van der Waals surface area contributed by atoms with Crippen LogP contribution < -0.4 is 0 Å². The maximum atomic E-state index is 5.24. The zero-order chi connectivity index (χ0) is 8.91. The largest absolute Gasteiger partial charge is 0.480 e. The Kier molecular flexibility index (Phi) is 5.21. The molecule has 0 fully saturated rings. The van der Waals surface area contributed by atoms with Gasteiger partial charge in [0.1, 0.15) is 13.2 Å². The Bertz CT molecular complexity index is 133. The summed E-state index contributed by atoms with van der Waals surface area (Å²) < 4.78 is 6.14. The molecule has 0 amide bonds. The van der Waals surface area contributed by atoms with E-state index in [1.54, 1.807) is 0 Å². The van der Waals surface area contributed by atoms with Gasteiger partial charge in [-0.2, -0.15) is 0 Å². The number of nitrogens with zero attached hydrogens (tertiary/aromatic N) is 1. The van der Waals surface area contributed by atoms with Gasteiger partial charge in [0, 0.05) is 0 Å². The van der Waals surface area contributed by atoms with Crippen molar-refractivity contribution in [3.63, 3.8) is 0 Å². The van der Waals surface area contributed by atoms with Gasteiger partial charge in [-0.3, -0.25) is 0 Å². The van der Waals surface area contributed by atoms with Crippen molar-refractivity contribution in [2.24, 2.45) is 0 Å². The number of hydrogen-bond acceptors (Lipinski definition) is 2. The van der Waals surface area contributed by atoms with E-state index in [1.165, 1.54) is 0 Å². The van der Waals surface area contributed by atoms with Crippen LogP contribution in [0.4, 0.5) is 0 Å². The maximum Gasteiger partial charge on any atom is 0.170 e. The Morgan fingerprint density at radius 1 is 1.45 bits per heavy atom. The number of halogens is 1. The van der Waals surface area contributed by atoms with Crippen molar-refractivity contribution in [1.29, 1.82) is 0 Å². The molecular formula is C7H15BrNOS+. The molecule has 0 unspecified atom stereocenters. The number of rotatable bonds is 4. The molecule has 0 aliphatic heterocycles. The fourth-order valence-electron chi connectivity index (χ4n) is 0.472. The molecule has 0 atom stereocenters. The van der Waals surface area contributed by atoms with Crippen LogP contribution in [0.25, 0.3) is 0 Å². The molecule has 66 valence electrons. The molecule has 0 saturated carbocycles. The highest BCUT2D eigenvalue weighted by atomic mass is 79.9. The van der Waals surface area contributed by atoms with Crippen LogP contribution in [0, 0.1) is 0 Å². The highest BCUT2D eigenvalue weighted by Gasteiger charge is 2.06. The molecule has 0 aliphatic rings. The molecule has 11 heavy (non-hydrogen) atoms. The highest BCUT2D eigenvalue weighted by Crippen LogP contribution is 1.93. The van der Waals surface area contributed by atoms with Crippen LogP contribution >= 0.6 is 28.1 Å². The molecular weight excluding hydrogens is 226 g/mol. The smallest absolute Gasteiger partial charge is 0.170 e. The van der Waals surface area contributed by atoms with Gasteiger partial charge in [-0.05, 0) is 12.2 Å². The fourth-order valence-corrected chi connectivity index (χ4v) is 0.717. The van der Waals surface area contributed by atoms with Crippen LogP contribution in [0.5, 0.6) is 0 Å². The molecule has 0 aliphatic carbocycles. The van der Waals surface area contributed by atoms with E-state index in [2.05, 4.69) is 37.1 Å². The van der Waals surface area contributed by atoms with Crippen molar-refractivity contribution < 1.29 is 9.22 Å². The average Bonchev–Trinajstić information content (AvgIpc) is 1.85. The first kappa shape index (κ1) is 11.3. The number of hydrogen-bond donors (Lipinski definition) is 0. The van der Waals surface area contributed by atoms with Crippen LogP contribution in [-0.4, -0.2) is 49.2 Å². The maximum absolute atomic E-state index is 5.24. The van der Waals surface area contributed by atoms with Gasteiger partial charge in [-0.25, -0.2) is 0 Å². The lowest BCUT2D eigenvalue weighted by molar-refractivity contribution is -0.870. The molecule has 2 nitrogen and oxygen atoms in total. The predicted octanol–water partition coefficient (Wildman–Crippen LogP) is 1.43. The fraction of sp³-hybridized carbons (Fsp3) is 0.857. The summed E-state index contributed by atoms with van der Waals surface area (Å²) in [6.45, 7) is 1.68.